The lowest BCUT2D eigenvalue weighted by Crippen LogP contribution is -2.27. The summed E-state index contributed by atoms with van der Waals surface area (Å²) in [5, 5.41) is 0. The van der Waals surface area contributed by atoms with Gasteiger partial charge in [0.1, 0.15) is 5.82 Å². The molecule has 5 nitrogen and oxygen atoms in total. The van der Waals surface area contributed by atoms with Crippen LogP contribution in [0.3, 0.4) is 0 Å². The maximum Gasteiger partial charge on any atom is 0.261 e. The molecule has 1 N–H and O–H groups in total. The summed E-state index contributed by atoms with van der Waals surface area (Å²) in [5.74, 6) is -0.849. The molecule has 0 aliphatic heterocycles. The first-order valence-electron chi connectivity index (χ1n) is 9.06. The molecule has 0 heterocycles. The highest BCUT2D eigenvalue weighted by molar-refractivity contribution is 7.98. The Labute approximate surface area is 180 Å². The van der Waals surface area contributed by atoms with E-state index in [2.05, 4.69) is 4.72 Å². The summed E-state index contributed by atoms with van der Waals surface area (Å²) in [6.07, 6.45) is 1.99. The van der Waals surface area contributed by atoms with Crippen LogP contribution in [-0.4, -0.2) is 32.5 Å². The number of amides is 1. The fourth-order valence-electron chi connectivity index (χ4n) is 2.86. The largest absolute Gasteiger partial charge is 0.337 e. The molecule has 0 aromatic heterocycles. The van der Waals surface area contributed by atoms with Crippen LogP contribution in [0.4, 0.5) is 10.1 Å². The lowest BCUT2D eigenvalue weighted by molar-refractivity contribution is 0.0786. The number of carbonyl (C=O) groups is 1. The highest BCUT2D eigenvalue weighted by Crippen LogP contribution is 2.22. The second-order valence-electron chi connectivity index (χ2n) is 6.61. The minimum Gasteiger partial charge on any atom is -0.337 e. The van der Waals surface area contributed by atoms with E-state index in [4.69, 9.17) is 0 Å². The smallest absolute Gasteiger partial charge is 0.261 e. The minimum absolute atomic E-state index is 0.0895. The molecule has 0 fully saturated rings. The van der Waals surface area contributed by atoms with Crippen LogP contribution < -0.4 is 4.72 Å². The van der Waals surface area contributed by atoms with Gasteiger partial charge in [0.05, 0.1) is 16.1 Å². The Morgan fingerprint density at radius 2 is 1.63 bits per heavy atom. The van der Waals surface area contributed by atoms with E-state index >= 15 is 0 Å². The van der Waals surface area contributed by atoms with Gasteiger partial charge in [-0.3, -0.25) is 9.52 Å². The van der Waals surface area contributed by atoms with Crippen molar-refractivity contribution in [2.45, 2.75) is 16.3 Å². The van der Waals surface area contributed by atoms with Crippen molar-refractivity contribution >= 4 is 33.4 Å². The molecule has 156 valence electrons. The molecule has 0 aliphatic rings. The number of nitrogens with zero attached hydrogens (tertiary/aromatic N) is 1. The number of para-hydroxylation sites is 1. The second-order valence-corrected chi connectivity index (χ2v) is 9.18. The molecule has 3 aromatic carbocycles. The van der Waals surface area contributed by atoms with Crippen LogP contribution in [-0.2, 0) is 16.6 Å². The summed E-state index contributed by atoms with van der Waals surface area (Å²) in [6, 6.07) is 18.8. The molecule has 3 rings (SSSR count). The van der Waals surface area contributed by atoms with Crippen LogP contribution in [0.15, 0.2) is 82.6 Å². The van der Waals surface area contributed by atoms with Crippen LogP contribution in [0.1, 0.15) is 15.9 Å². The minimum atomic E-state index is -3.97. The molecule has 0 saturated heterocycles. The number of benzene rings is 3. The van der Waals surface area contributed by atoms with Crippen LogP contribution in [0, 0.1) is 5.82 Å². The summed E-state index contributed by atoms with van der Waals surface area (Å²) >= 11 is 1.64. The number of rotatable bonds is 7. The summed E-state index contributed by atoms with van der Waals surface area (Å²) < 4.78 is 40.8. The predicted octanol–water partition coefficient (Wildman–Crippen LogP) is 4.62. The van der Waals surface area contributed by atoms with Crippen molar-refractivity contribution < 1.29 is 17.6 Å². The zero-order valence-electron chi connectivity index (χ0n) is 16.5. The molecule has 0 bridgehead atoms. The van der Waals surface area contributed by atoms with E-state index in [0.29, 0.717) is 6.54 Å². The van der Waals surface area contributed by atoms with Crippen molar-refractivity contribution in [2.24, 2.45) is 0 Å². The first-order chi connectivity index (χ1) is 14.3. The molecule has 30 heavy (non-hydrogen) atoms. The average Bonchev–Trinajstić information content (AvgIpc) is 2.74. The number of thioether (sulfide) groups is 1. The standard InChI is InChI=1S/C22H21FN2O3S2/c1-25(15-16-7-11-18(29-2)12-8-16)22(26)20-5-3-4-6-21(20)24-30(27,28)19-13-9-17(23)10-14-19/h3-14,24H,15H2,1-2H3. The number of carbonyl (C=O) groups excluding carboxylic acids is 1. The topological polar surface area (TPSA) is 66.5 Å². The van der Waals surface area contributed by atoms with Crippen molar-refractivity contribution in [3.05, 3.63) is 89.7 Å². The van der Waals surface area contributed by atoms with Gasteiger partial charge in [-0.05, 0) is 60.4 Å². The van der Waals surface area contributed by atoms with Gasteiger partial charge in [-0.15, -0.1) is 11.8 Å². The summed E-state index contributed by atoms with van der Waals surface area (Å²) in [6.45, 7) is 0.381. The zero-order chi connectivity index (χ0) is 21.7. The number of hydrogen-bond donors (Lipinski definition) is 1. The third-order valence-electron chi connectivity index (χ3n) is 4.45. The van der Waals surface area contributed by atoms with E-state index in [-0.39, 0.29) is 22.1 Å². The molecule has 0 spiro atoms. The van der Waals surface area contributed by atoms with E-state index in [1.165, 1.54) is 23.1 Å². The van der Waals surface area contributed by atoms with Gasteiger partial charge in [0.2, 0.25) is 0 Å². The molecule has 0 saturated carbocycles. The van der Waals surface area contributed by atoms with Gasteiger partial charge >= 0.3 is 0 Å². The summed E-state index contributed by atoms with van der Waals surface area (Å²) in [5.41, 5.74) is 1.36. The monoisotopic (exact) mass is 444 g/mol. The molecule has 0 radical (unpaired) electrons. The molecular weight excluding hydrogens is 423 g/mol. The number of anilines is 1. The molecule has 0 atom stereocenters. The van der Waals surface area contributed by atoms with Crippen molar-refractivity contribution in [3.8, 4) is 0 Å². The van der Waals surface area contributed by atoms with Gasteiger partial charge in [-0.1, -0.05) is 24.3 Å². The lowest BCUT2D eigenvalue weighted by atomic mass is 10.1. The number of sulfonamides is 1. The Balaban J connectivity index is 1.81. The maximum atomic E-state index is 13.1. The first kappa shape index (κ1) is 21.9. The second kappa shape index (κ2) is 9.32. The fourth-order valence-corrected chi connectivity index (χ4v) is 4.35. The average molecular weight is 445 g/mol. The third kappa shape index (κ3) is 5.20. The van der Waals surface area contributed by atoms with E-state index in [9.17, 15) is 17.6 Å². The maximum absolute atomic E-state index is 13.1. The Bertz CT molecular complexity index is 1130. The number of halogens is 1. The van der Waals surface area contributed by atoms with Crippen LogP contribution in [0.5, 0.6) is 0 Å². The van der Waals surface area contributed by atoms with Gasteiger partial charge in [-0.25, -0.2) is 12.8 Å². The predicted molar refractivity (Wildman–Crippen MR) is 118 cm³/mol. The molecule has 8 heteroatoms. The Morgan fingerprint density at radius 1 is 1.00 bits per heavy atom. The molecule has 0 unspecified atom stereocenters. The van der Waals surface area contributed by atoms with Gasteiger partial charge in [0.15, 0.2) is 0 Å². The van der Waals surface area contributed by atoms with Crippen molar-refractivity contribution in [2.75, 3.05) is 18.0 Å². The zero-order valence-corrected chi connectivity index (χ0v) is 18.1. The lowest BCUT2D eigenvalue weighted by Gasteiger charge is -2.20. The normalized spacial score (nSPS) is 11.2. The highest BCUT2D eigenvalue weighted by atomic mass is 32.2. The molecule has 3 aromatic rings. The highest BCUT2D eigenvalue weighted by Gasteiger charge is 2.20. The van der Waals surface area contributed by atoms with E-state index < -0.39 is 15.8 Å². The SMILES string of the molecule is CSc1ccc(CN(C)C(=O)c2ccccc2NS(=O)(=O)c2ccc(F)cc2)cc1. The van der Waals surface area contributed by atoms with Gasteiger partial charge < -0.3 is 4.90 Å². The Morgan fingerprint density at radius 3 is 2.27 bits per heavy atom. The van der Waals surface area contributed by atoms with E-state index in [1.54, 1.807) is 37.0 Å². The van der Waals surface area contributed by atoms with Gasteiger partial charge in [0, 0.05) is 18.5 Å². The fraction of sp³-hybridized carbons (Fsp3) is 0.136. The first-order valence-corrected chi connectivity index (χ1v) is 11.8. The quantitative estimate of drug-likeness (QED) is 0.540. The van der Waals surface area contributed by atoms with Crippen LogP contribution in [0.25, 0.3) is 0 Å². The van der Waals surface area contributed by atoms with Gasteiger partial charge in [0.25, 0.3) is 15.9 Å². The Kier molecular flexibility index (Phi) is 6.79. The van der Waals surface area contributed by atoms with Crippen molar-refractivity contribution in [1.29, 1.82) is 0 Å². The van der Waals surface area contributed by atoms with Gasteiger partial charge in [-0.2, -0.15) is 0 Å². The third-order valence-corrected chi connectivity index (χ3v) is 6.58. The molecule has 1 amide bonds. The molecular formula is C22H21FN2O3S2. The summed E-state index contributed by atoms with van der Waals surface area (Å²) in [7, 11) is -2.31. The van der Waals surface area contributed by atoms with Crippen LogP contribution in [0.2, 0.25) is 0 Å². The van der Waals surface area contributed by atoms with Crippen molar-refractivity contribution in [1.82, 2.24) is 4.90 Å². The van der Waals surface area contributed by atoms with Crippen molar-refractivity contribution in [3.63, 3.8) is 0 Å². The number of nitrogens with one attached hydrogen (secondary N) is 1. The van der Waals surface area contributed by atoms with Crippen LogP contribution >= 0.6 is 11.8 Å². The molecule has 0 aliphatic carbocycles. The summed E-state index contributed by atoms with van der Waals surface area (Å²) in [4.78, 5) is 15.6. The Hall–Kier alpha value is -2.84. The van der Waals surface area contributed by atoms with E-state index in [0.717, 1.165) is 22.6 Å². The van der Waals surface area contributed by atoms with E-state index in [1.807, 2.05) is 30.5 Å². The number of hydrogen-bond acceptors (Lipinski definition) is 4.